The highest BCUT2D eigenvalue weighted by molar-refractivity contribution is 4.86. The molecule has 0 nitrogen and oxygen atoms in total. The van der Waals surface area contributed by atoms with Crippen molar-refractivity contribution in [1.29, 1.82) is 0 Å². The molecular weight excluding hydrogens is 180 g/mol. The van der Waals surface area contributed by atoms with E-state index < -0.39 is 0 Å². The molecule has 1 saturated carbocycles. The van der Waals surface area contributed by atoms with Crippen LogP contribution >= 0.6 is 0 Å². The van der Waals surface area contributed by atoms with Crippen molar-refractivity contribution in [2.24, 2.45) is 23.7 Å². The van der Waals surface area contributed by atoms with Gasteiger partial charge in [-0.2, -0.15) is 0 Å². The molecule has 0 aromatic heterocycles. The summed E-state index contributed by atoms with van der Waals surface area (Å²) >= 11 is 0. The average molecular weight is 210 g/mol. The molecule has 1 fully saturated rings. The second-order valence-electron chi connectivity index (χ2n) is 6.42. The molecule has 2 atom stereocenters. The van der Waals surface area contributed by atoms with Crippen molar-refractivity contribution in [3.8, 4) is 0 Å². The van der Waals surface area contributed by atoms with Crippen LogP contribution in [0.15, 0.2) is 0 Å². The van der Waals surface area contributed by atoms with E-state index in [4.69, 9.17) is 0 Å². The zero-order valence-corrected chi connectivity index (χ0v) is 11.3. The summed E-state index contributed by atoms with van der Waals surface area (Å²) in [5.41, 5.74) is 0. The molecule has 90 valence electrons. The van der Waals surface area contributed by atoms with Gasteiger partial charge in [-0.15, -0.1) is 0 Å². The lowest BCUT2D eigenvalue weighted by atomic mass is 10.0. The van der Waals surface area contributed by atoms with Gasteiger partial charge in [0.1, 0.15) is 0 Å². The van der Waals surface area contributed by atoms with Crippen molar-refractivity contribution in [2.45, 2.75) is 72.6 Å². The van der Waals surface area contributed by atoms with Gasteiger partial charge < -0.3 is 0 Å². The largest absolute Gasteiger partial charge is 0.0628 e. The van der Waals surface area contributed by atoms with Gasteiger partial charge >= 0.3 is 0 Å². The fourth-order valence-corrected chi connectivity index (χ4v) is 2.69. The van der Waals surface area contributed by atoms with Crippen molar-refractivity contribution >= 4 is 0 Å². The standard InChI is InChI=1S/C15H30/c1-12(2)8-6-5-7-9-14-11-15(14)10-13(3)4/h12-15H,5-11H2,1-4H3. The van der Waals surface area contributed by atoms with E-state index in [1.165, 1.54) is 38.5 Å². The SMILES string of the molecule is CC(C)CCCCCC1CC1CC(C)C. The van der Waals surface area contributed by atoms with Gasteiger partial charge in [0.25, 0.3) is 0 Å². The van der Waals surface area contributed by atoms with Gasteiger partial charge in [0.05, 0.1) is 0 Å². The van der Waals surface area contributed by atoms with Gasteiger partial charge in [-0.3, -0.25) is 0 Å². The molecule has 1 aliphatic rings. The number of unbranched alkanes of at least 4 members (excludes halogenated alkanes) is 2. The Morgan fingerprint density at radius 2 is 1.60 bits per heavy atom. The molecule has 0 heterocycles. The molecule has 0 bridgehead atoms. The van der Waals surface area contributed by atoms with Crippen LogP contribution < -0.4 is 0 Å². The van der Waals surface area contributed by atoms with E-state index in [1.807, 2.05) is 0 Å². The molecule has 2 unspecified atom stereocenters. The molecule has 0 heteroatoms. The van der Waals surface area contributed by atoms with Crippen LogP contribution in [0.25, 0.3) is 0 Å². The summed E-state index contributed by atoms with van der Waals surface area (Å²) in [4.78, 5) is 0. The molecule has 1 rings (SSSR count). The van der Waals surface area contributed by atoms with Crippen molar-refractivity contribution in [1.82, 2.24) is 0 Å². The van der Waals surface area contributed by atoms with Gasteiger partial charge in [0.15, 0.2) is 0 Å². The van der Waals surface area contributed by atoms with E-state index >= 15 is 0 Å². The Morgan fingerprint density at radius 3 is 2.20 bits per heavy atom. The Hall–Kier alpha value is 0. The van der Waals surface area contributed by atoms with Gasteiger partial charge in [-0.25, -0.2) is 0 Å². The summed E-state index contributed by atoms with van der Waals surface area (Å²) in [7, 11) is 0. The molecule has 0 spiro atoms. The third-order valence-corrected chi connectivity index (χ3v) is 3.70. The normalized spacial score (nSPS) is 25.2. The summed E-state index contributed by atoms with van der Waals surface area (Å²) in [5.74, 6) is 4.04. The van der Waals surface area contributed by atoms with Crippen LogP contribution in [0, 0.1) is 23.7 Å². The number of rotatable bonds is 8. The minimum absolute atomic E-state index is 0.902. The van der Waals surface area contributed by atoms with Crippen molar-refractivity contribution < 1.29 is 0 Å². The van der Waals surface area contributed by atoms with Crippen LogP contribution in [0.1, 0.15) is 72.6 Å². The lowest BCUT2D eigenvalue weighted by Crippen LogP contribution is -1.92. The average Bonchev–Trinajstić information content (AvgIpc) is 2.81. The molecule has 0 saturated heterocycles. The maximum Gasteiger partial charge on any atom is -0.0381 e. The Labute approximate surface area is 96.8 Å². The Kier molecular flexibility index (Phi) is 5.71. The third kappa shape index (κ3) is 6.22. The van der Waals surface area contributed by atoms with E-state index in [2.05, 4.69) is 27.7 Å². The Balaban J connectivity index is 1.86. The second-order valence-corrected chi connectivity index (χ2v) is 6.42. The van der Waals surface area contributed by atoms with Gasteiger partial charge in [0, 0.05) is 0 Å². The minimum Gasteiger partial charge on any atom is -0.0628 e. The van der Waals surface area contributed by atoms with Crippen LogP contribution in [0.3, 0.4) is 0 Å². The zero-order chi connectivity index (χ0) is 11.3. The predicted molar refractivity (Wildman–Crippen MR) is 69.0 cm³/mol. The van der Waals surface area contributed by atoms with E-state index in [1.54, 1.807) is 6.42 Å². The number of hydrogen-bond acceptors (Lipinski definition) is 0. The maximum atomic E-state index is 2.36. The molecule has 0 aromatic rings. The van der Waals surface area contributed by atoms with Crippen molar-refractivity contribution in [3.05, 3.63) is 0 Å². The third-order valence-electron chi connectivity index (χ3n) is 3.70. The first-order valence-corrected chi connectivity index (χ1v) is 7.09. The van der Waals surface area contributed by atoms with Crippen LogP contribution in [-0.2, 0) is 0 Å². The summed E-state index contributed by atoms with van der Waals surface area (Å²) < 4.78 is 0. The summed E-state index contributed by atoms with van der Waals surface area (Å²) in [6, 6.07) is 0. The predicted octanol–water partition coefficient (Wildman–Crippen LogP) is 5.28. The van der Waals surface area contributed by atoms with Crippen LogP contribution in [0.4, 0.5) is 0 Å². The summed E-state index contributed by atoms with van der Waals surface area (Å²) in [6.45, 7) is 9.38. The first kappa shape index (κ1) is 13.1. The van der Waals surface area contributed by atoms with Gasteiger partial charge in [0.2, 0.25) is 0 Å². The summed E-state index contributed by atoms with van der Waals surface area (Å²) in [5, 5.41) is 0. The molecule has 0 aromatic carbocycles. The van der Waals surface area contributed by atoms with E-state index in [0.717, 1.165) is 23.7 Å². The maximum absolute atomic E-state index is 2.36. The lowest BCUT2D eigenvalue weighted by molar-refractivity contribution is 0.476. The van der Waals surface area contributed by atoms with Crippen LogP contribution in [-0.4, -0.2) is 0 Å². The molecule has 0 N–H and O–H groups in total. The van der Waals surface area contributed by atoms with E-state index in [9.17, 15) is 0 Å². The Bertz CT molecular complexity index is 157. The second kappa shape index (κ2) is 6.55. The highest BCUT2D eigenvalue weighted by atomic mass is 14.4. The minimum atomic E-state index is 0.902. The quantitative estimate of drug-likeness (QED) is 0.478. The van der Waals surface area contributed by atoms with Gasteiger partial charge in [-0.1, -0.05) is 59.8 Å². The zero-order valence-electron chi connectivity index (χ0n) is 11.3. The van der Waals surface area contributed by atoms with Gasteiger partial charge in [-0.05, 0) is 36.5 Å². The smallest absolute Gasteiger partial charge is 0.0381 e. The van der Waals surface area contributed by atoms with Crippen molar-refractivity contribution in [2.75, 3.05) is 0 Å². The summed E-state index contributed by atoms with van der Waals surface area (Å²) in [6.07, 6.45) is 10.4. The first-order valence-electron chi connectivity index (χ1n) is 7.09. The molecule has 15 heavy (non-hydrogen) atoms. The first-order chi connectivity index (χ1) is 7.09. The highest BCUT2D eigenvalue weighted by Gasteiger charge is 2.35. The molecule has 1 aliphatic carbocycles. The lowest BCUT2D eigenvalue weighted by Gasteiger charge is -2.05. The fourth-order valence-electron chi connectivity index (χ4n) is 2.69. The Morgan fingerprint density at radius 1 is 0.867 bits per heavy atom. The van der Waals surface area contributed by atoms with E-state index in [0.29, 0.717) is 0 Å². The molecule has 0 aliphatic heterocycles. The molecular formula is C15H30. The molecule has 0 radical (unpaired) electrons. The number of hydrogen-bond donors (Lipinski definition) is 0. The monoisotopic (exact) mass is 210 g/mol. The van der Waals surface area contributed by atoms with Crippen LogP contribution in [0.2, 0.25) is 0 Å². The molecule has 0 amide bonds. The van der Waals surface area contributed by atoms with Crippen LogP contribution in [0.5, 0.6) is 0 Å². The highest BCUT2D eigenvalue weighted by Crippen LogP contribution is 2.46. The van der Waals surface area contributed by atoms with E-state index in [-0.39, 0.29) is 0 Å². The fraction of sp³-hybridized carbons (Fsp3) is 1.00. The topological polar surface area (TPSA) is 0 Å². The van der Waals surface area contributed by atoms with Crippen molar-refractivity contribution in [3.63, 3.8) is 0 Å².